The summed E-state index contributed by atoms with van der Waals surface area (Å²) in [5.41, 5.74) is 5.87. The number of nitrogen functional groups attached to an aromatic ring is 1. The van der Waals surface area contributed by atoms with Gasteiger partial charge in [0.2, 0.25) is 0 Å². The number of aromatic nitrogens is 2. The predicted octanol–water partition coefficient (Wildman–Crippen LogP) is 1.57. The molecule has 0 unspecified atom stereocenters. The zero-order valence-electron chi connectivity index (χ0n) is 11.1. The highest BCUT2D eigenvalue weighted by Gasteiger charge is 2.15. The van der Waals surface area contributed by atoms with E-state index >= 15 is 0 Å². The van der Waals surface area contributed by atoms with Crippen LogP contribution in [0, 0.1) is 0 Å². The smallest absolute Gasteiger partial charge is 0.253 e. The molecule has 1 aromatic heterocycles. The minimum Gasteiger partial charge on any atom is -0.496 e. The van der Waals surface area contributed by atoms with Gasteiger partial charge in [-0.05, 0) is 19.1 Å². The van der Waals surface area contributed by atoms with Gasteiger partial charge in [0.1, 0.15) is 11.6 Å². The van der Waals surface area contributed by atoms with Gasteiger partial charge < -0.3 is 20.6 Å². The van der Waals surface area contributed by atoms with Gasteiger partial charge in [-0.25, -0.2) is 4.98 Å². The fourth-order valence-corrected chi connectivity index (χ4v) is 2.85. The first-order valence-electron chi connectivity index (χ1n) is 5.91. The van der Waals surface area contributed by atoms with Crippen LogP contribution in [-0.2, 0) is 0 Å². The van der Waals surface area contributed by atoms with Gasteiger partial charge in [0.25, 0.3) is 5.56 Å². The average molecular weight is 293 g/mol. The lowest BCUT2D eigenvalue weighted by Gasteiger charge is -2.15. The van der Waals surface area contributed by atoms with Crippen molar-refractivity contribution in [1.29, 1.82) is 0 Å². The molecule has 6 nitrogen and oxygen atoms in total. The number of benzene rings is 1. The second-order valence-electron chi connectivity index (χ2n) is 4.13. The molecule has 1 heterocycles. The number of nitrogens with zero attached hydrogens (tertiary/aromatic N) is 1. The van der Waals surface area contributed by atoms with Crippen molar-refractivity contribution >= 4 is 17.6 Å². The molecule has 1 aromatic carbocycles. The van der Waals surface area contributed by atoms with Crippen LogP contribution in [-0.4, -0.2) is 22.2 Å². The van der Waals surface area contributed by atoms with Crippen molar-refractivity contribution in [2.24, 2.45) is 0 Å². The third kappa shape index (κ3) is 3.12. The summed E-state index contributed by atoms with van der Waals surface area (Å²) in [7, 11) is 1.54. The van der Waals surface area contributed by atoms with E-state index in [9.17, 15) is 9.90 Å². The van der Waals surface area contributed by atoms with Gasteiger partial charge >= 0.3 is 0 Å². The van der Waals surface area contributed by atoms with E-state index < -0.39 is 6.10 Å². The molecule has 20 heavy (non-hydrogen) atoms. The van der Waals surface area contributed by atoms with Gasteiger partial charge in [0.05, 0.1) is 13.2 Å². The van der Waals surface area contributed by atoms with Crippen molar-refractivity contribution in [2.45, 2.75) is 23.1 Å². The van der Waals surface area contributed by atoms with E-state index in [4.69, 9.17) is 10.5 Å². The summed E-state index contributed by atoms with van der Waals surface area (Å²) in [5.74, 6) is 0.731. The normalized spacial score (nSPS) is 12.2. The monoisotopic (exact) mass is 293 g/mol. The van der Waals surface area contributed by atoms with Crippen LogP contribution in [0.25, 0.3) is 0 Å². The number of anilines is 1. The van der Waals surface area contributed by atoms with Crippen LogP contribution in [0.3, 0.4) is 0 Å². The summed E-state index contributed by atoms with van der Waals surface area (Å²) < 4.78 is 5.24. The Morgan fingerprint density at radius 3 is 2.85 bits per heavy atom. The van der Waals surface area contributed by atoms with Gasteiger partial charge in [0, 0.05) is 16.5 Å². The van der Waals surface area contributed by atoms with Gasteiger partial charge in [-0.1, -0.05) is 17.8 Å². The van der Waals surface area contributed by atoms with E-state index in [1.54, 1.807) is 19.1 Å². The Labute approximate surface area is 120 Å². The molecule has 0 spiro atoms. The molecule has 0 radical (unpaired) electrons. The van der Waals surface area contributed by atoms with Crippen molar-refractivity contribution in [3.63, 3.8) is 0 Å². The minimum absolute atomic E-state index is 0.151. The SMILES string of the molecule is COc1cccc(Sc2nc(N)cc(=O)[nH]2)c1[C@H](C)O. The largest absolute Gasteiger partial charge is 0.496 e. The highest BCUT2D eigenvalue weighted by Crippen LogP contribution is 2.36. The maximum absolute atomic E-state index is 11.4. The van der Waals surface area contributed by atoms with Crippen molar-refractivity contribution in [3.05, 3.63) is 40.2 Å². The summed E-state index contributed by atoms with van der Waals surface area (Å²) in [5, 5.41) is 10.3. The lowest BCUT2D eigenvalue weighted by atomic mass is 10.1. The number of H-pyrrole nitrogens is 1. The predicted molar refractivity (Wildman–Crippen MR) is 77.0 cm³/mol. The maximum atomic E-state index is 11.4. The molecule has 0 fully saturated rings. The molecule has 106 valence electrons. The molecule has 2 aromatic rings. The second-order valence-corrected chi connectivity index (χ2v) is 5.16. The van der Waals surface area contributed by atoms with Crippen LogP contribution in [0.4, 0.5) is 5.82 Å². The summed E-state index contributed by atoms with van der Waals surface area (Å²) >= 11 is 1.21. The van der Waals surface area contributed by atoms with Crippen LogP contribution >= 0.6 is 11.8 Å². The lowest BCUT2D eigenvalue weighted by Crippen LogP contribution is -2.09. The number of ether oxygens (including phenoxy) is 1. The molecule has 0 saturated carbocycles. The molecule has 7 heteroatoms. The number of hydrogen-bond donors (Lipinski definition) is 3. The number of methoxy groups -OCH3 is 1. The first kappa shape index (κ1) is 14.4. The first-order chi connectivity index (χ1) is 9.51. The number of rotatable bonds is 4. The van der Waals surface area contributed by atoms with Crippen molar-refractivity contribution in [2.75, 3.05) is 12.8 Å². The fraction of sp³-hybridized carbons (Fsp3) is 0.231. The molecule has 0 aliphatic rings. The molecule has 0 aliphatic heterocycles. The Bertz CT molecular complexity index is 670. The molecule has 4 N–H and O–H groups in total. The quantitative estimate of drug-likeness (QED) is 0.740. The van der Waals surface area contributed by atoms with Gasteiger partial charge in [-0.3, -0.25) is 4.79 Å². The number of nitrogens with one attached hydrogen (secondary N) is 1. The number of aliphatic hydroxyl groups is 1. The van der Waals surface area contributed by atoms with Crippen molar-refractivity contribution < 1.29 is 9.84 Å². The molecule has 0 aliphatic carbocycles. The first-order valence-corrected chi connectivity index (χ1v) is 6.72. The van der Waals surface area contributed by atoms with E-state index in [1.165, 1.54) is 24.9 Å². The van der Waals surface area contributed by atoms with Crippen LogP contribution < -0.4 is 16.0 Å². The van der Waals surface area contributed by atoms with Crippen LogP contribution in [0.5, 0.6) is 5.75 Å². The molecular formula is C13H15N3O3S. The molecule has 0 saturated heterocycles. The Morgan fingerprint density at radius 2 is 2.25 bits per heavy atom. The van der Waals surface area contributed by atoms with Crippen molar-refractivity contribution in [3.8, 4) is 5.75 Å². The maximum Gasteiger partial charge on any atom is 0.253 e. The Hall–Kier alpha value is -1.99. The van der Waals surface area contributed by atoms with E-state index in [1.807, 2.05) is 6.07 Å². The zero-order chi connectivity index (χ0) is 14.7. The Balaban J connectivity index is 2.45. The Kier molecular flexibility index (Phi) is 4.31. The van der Waals surface area contributed by atoms with E-state index in [-0.39, 0.29) is 11.4 Å². The van der Waals surface area contributed by atoms with Crippen LogP contribution in [0.2, 0.25) is 0 Å². The summed E-state index contributed by atoms with van der Waals surface area (Å²) in [6, 6.07) is 6.60. The second kappa shape index (κ2) is 5.98. The van der Waals surface area contributed by atoms with Gasteiger partial charge in [-0.2, -0.15) is 0 Å². The number of hydrogen-bond acceptors (Lipinski definition) is 6. The molecule has 2 rings (SSSR count). The minimum atomic E-state index is -0.707. The topological polar surface area (TPSA) is 101 Å². The third-order valence-corrected chi connectivity index (χ3v) is 3.57. The number of aromatic amines is 1. The van der Waals surface area contributed by atoms with E-state index in [0.29, 0.717) is 16.5 Å². The average Bonchev–Trinajstić information content (AvgIpc) is 2.36. The van der Waals surface area contributed by atoms with E-state index in [0.717, 1.165) is 4.90 Å². The summed E-state index contributed by atoms with van der Waals surface area (Å²) in [6.45, 7) is 1.65. The molecular weight excluding hydrogens is 278 g/mol. The summed E-state index contributed by atoms with van der Waals surface area (Å²) in [4.78, 5) is 18.8. The lowest BCUT2D eigenvalue weighted by molar-refractivity contribution is 0.191. The zero-order valence-corrected chi connectivity index (χ0v) is 11.9. The van der Waals surface area contributed by atoms with Crippen LogP contribution in [0.15, 0.2) is 39.1 Å². The number of aliphatic hydroxyl groups excluding tert-OH is 1. The van der Waals surface area contributed by atoms with Crippen LogP contribution in [0.1, 0.15) is 18.6 Å². The Morgan fingerprint density at radius 1 is 1.50 bits per heavy atom. The van der Waals surface area contributed by atoms with Gasteiger partial charge in [0.15, 0.2) is 5.16 Å². The third-order valence-electron chi connectivity index (χ3n) is 2.61. The fourth-order valence-electron chi connectivity index (χ4n) is 1.81. The highest BCUT2D eigenvalue weighted by atomic mass is 32.2. The summed E-state index contributed by atoms with van der Waals surface area (Å²) in [6.07, 6.45) is -0.707. The molecule has 1 atom stereocenters. The molecule has 0 bridgehead atoms. The standard InChI is InChI=1S/C13H15N3O3S/c1-7(17)12-8(19-2)4-3-5-9(12)20-13-15-10(14)6-11(18)16-13/h3-7,17H,1-2H3,(H3,14,15,16,18)/t7-/m0/s1. The van der Waals surface area contributed by atoms with E-state index in [2.05, 4.69) is 9.97 Å². The van der Waals surface area contributed by atoms with Crippen molar-refractivity contribution in [1.82, 2.24) is 9.97 Å². The van der Waals surface area contributed by atoms with Gasteiger partial charge in [-0.15, -0.1) is 0 Å². The highest BCUT2D eigenvalue weighted by molar-refractivity contribution is 7.99. The number of nitrogens with two attached hydrogens (primary N) is 1. The molecule has 0 amide bonds.